The Morgan fingerprint density at radius 2 is 1.67 bits per heavy atom. The molecule has 1 heterocycles. The summed E-state index contributed by atoms with van der Waals surface area (Å²) in [5.41, 5.74) is 1.78. The summed E-state index contributed by atoms with van der Waals surface area (Å²) in [5, 5.41) is 2.97. The largest absolute Gasteiger partial charge is 0.493 e. The van der Waals surface area contributed by atoms with Crippen LogP contribution in [0.25, 0.3) is 0 Å². The van der Waals surface area contributed by atoms with Crippen molar-refractivity contribution in [1.82, 2.24) is 10.3 Å². The lowest BCUT2D eigenvalue weighted by Gasteiger charge is -2.19. The quantitative estimate of drug-likeness (QED) is 0.845. The van der Waals surface area contributed by atoms with Crippen LogP contribution in [-0.4, -0.2) is 32.2 Å². The fourth-order valence-corrected chi connectivity index (χ4v) is 2.41. The van der Waals surface area contributed by atoms with E-state index in [1.807, 2.05) is 31.2 Å². The number of carbonyl (C=O) groups excluding carboxylic acids is 1. The highest BCUT2D eigenvalue weighted by molar-refractivity contribution is 5.79. The molecule has 0 spiro atoms. The molecule has 0 aliphatic rings. The van der Waals surface area contributed by atoms with Crippen molar-refractivity contribution in [2.24, 2.45) is 0 Å². The van der Waals surface area contributed by atoms with E-state index in [2.05, 4.69) is 10.3 Å². The van der Waals surface area contributed by atoms with Crippen LogP contribution in [0, 0.1) is 0 Å². The van der Waals surface area contributed by atoms with Gasteiger partial charge in [0.05, 0.1) is 33.8 Å². The maximum absolute atomic E-state index is 12.2. The number of methoxy groups -OCH3 is 3. The van der Waals surface area contributed by atoms with E-state index >= 15 is 0 Å². The highest BCUT2D eigenvalue weighted by Crippen LogP contribution is 2.39. The van der Waals surface area contributed by atoms with Crippen LogP contribution in [0.15, 0.2) is 36.7 Å². The standard InChI is InChI=1S/C18H22N2O4/c1-12(20-17(21)9-13-5-7-19-8-6-13)14-10-15(22-2)18(24-4)16(11-14)23-3/h5-8,10-12H,9H2,1-4H3,(H,20,21)/t12-/m0/s1. The third kappa shape index (κ3) is 4.16. The second-order valence-electron chi connectivity index (χ2n) is 5.28. The Kier molecular flexibility index (Phi) is 6.01. The van der Waals surface area contributed by atoms with E-state index in [1.54, 1.807) is 33.7 Å². The zero-order valence-electron chi connectivity index (χ0n) is 14.3. The molecule has 0 fully saturated rings. The lowest BCUT2D eigenvalue weighted by atomic mass is 10.1. The van der Waals surface area contributed by atoms with Gasteiger partial charge in [0.15, 0.2) is 11.5 Å². The van der Waals surface area contributed by atoms with Gasteiger partial charge in [-0.1, -0.05) is 0 Å². The number of benzene rings is 1. The number of hydrogen-bond acceptors (Lipinski definition) is 5. The number of rotatable bonds is 7. The van der Waals surface area contributed by atoms with Crippen LogP contribution in [0.1, 0.15) is 24.1 Å². The van der Waals surface area contributed by atoms with Crippen molar-refractivity contribution in [3.05, 3.63) is 47.8 Å². The predicted molar refractivity (Wildman–Crippen MR) is 90.6 cm³/mol. The summed E-state index contributed by atoms with van der Waals surface area (Å²) < 4.78 is 16.0. The van der Waals surface area contributed by atoms with E-state index in [0.717, 1.165) is 11.1 Å². The average Bonchev–Trinajstić information content (AvgIpc) is 2.60. The summed E-state index contributed by atoms with van der Waals surface area (Å²) in [6, 6.07) is 7.11. The second kappa shape index (κ2) is 8.19. The van der Waals surface area contributed by atoms with Gasteiger partial charge in [-0.05, 0) is 42.3 Å². The van der Waals surface area contributed by atoms with Crippen LogP contribution in [0.3, 0.4) is 0 Å². The van der Waals surface area contributed by atoms with E-state index in [4.69, 9.17) is 14.2 Å². The maximum atomic E-state index is 12.2. The van der Waals surface area contributed by atoms with Gasteiger partial charge < -0.3 is 19.5 Å². The molecule has 128 valence electrons. The lowest BCUT2D eigenvalue weighted by Crippen LogP contribution is -2.28. The Labute approximate surface area is 141 Å². The molecule has 2 aromatic rings. The minimum absolute atomic E-state index is 0.0672. The van der Waals surface area contributed by atoms with Gasteiger partial charge in [0, 0.05) is 12.4 Å². The summed E-state index contributed by atoms with van der Waals surface area (Å²) in [6.07, 6.45) is 3.65. The van der Waals surface area contributed by atoms with Crippen LogP contribution in [0.2, 0.25) is 0 Å². The first kappa shape index (κ1) is 17.6. The van der Waals surface area contributed by atoms with Gasteiger partial charge in [-0.15, -0.1) is 0 Å². The van der Waals surface area contributed by atoms with Crippen LogP contribution in [-0.2, 0) is 11.2 Å². The van der Waals surface area contributed by atoms with Gasteiger partial charge in [-0.2, -0.15) is 0 Å². The molecule has 0 saturated carbocycles. The predicted octanol–water partition coefficient (Wildman–Crippen LogP) is 2.53. The normalized spacial score (nSPS) is 11.5. The van der Waals surface area contributed by atoms with Crippen LogP contribution in [0.5, 0.6) is 17.2 Å². The summed E-state index contributed by atoms with van der Waals surface area (Å²) in [7, 11) is 4.68. The molecule has 1 amide bonds. The molecule has 6 heteroatoms. The van der Waals surface area contributed by atoms with Crippen molar-refractivity contribution in [1.29, 1.82) is 0 Å². The molecule has 1 aromatic heterocycles. The number of nitrogens with one attached hydrogen (secondary N) is 1. The van der Waals surface area contributed by atoms with Crippen molar-refractivity contribution in [3.63, 3.8) is 0 Å². The number of hydrogen-bond donors (Lipinski definition) is 1. The van der Waals surface area contributed by atoms with Crippen molar-refractivity contribution in [3.8, 4) is 17.2 Å². The van der Waals surface area contributed by atoms with Crippen LogP contribution in [0.4, 0.5) is 0 Å². The molecule has 1 N–H and O–H groups in total. The fourth-order valence-electron chi connectivity index (χ4n) is 2.41. The van der Waals surface area contributed by atoms with E-state index in [-0.39, 0.29) is 11.9 Å². The van der Waals surface area contributed by atoms with Crippen molar-refractivity contribution < 1.29 is 19.0 Å². The molecule has 1 atom stereocenters. The third-order valence-electron chi connectivity index (χ3n) is 3.68. The lowest BCUT2D eigenvalue weighted by molar-refractivity contribution is -0.121. The Morgan fingerprint density at radius 3 is 2.17 bits per heavy atom. The Hall–Kier alpha value is -2.76. The zero-order chi connectivity index (χ0) is 17.5. The molecule has 1 aromatic carbocycles. The first-order chi connectivity index (χ1) is 11.6. The molecule has 0 radical (unpaired) electrons. The Bertz CT molecular complexity index is 664. The van der Waals surface area contributed by atoms with Gasteiger partial charge in [-0.25, -0.2) is 0 Å². The van der Waals surface area contributed by atoms with Gasteiger partial charge >= 0.3 is 0 Å². The molecule has 6 nitrogen and oxygen atoms in total. The van der Waals surface area contributed by atoms with E-state index < -0.39 is 0 Å². The second-order valence-corrected chi connectivity index (χ2v) is 5.28. The topological polar surface area (TPSA) is 69.7 Å². The highest BCUT2D eigenvalue weighted by atomic mass is 16.5. The number of ether oxygens (including phenoxy) is 3. The number of nitrogens with zero attached hydrogens (tertiary/aromatic N) is 1. The van der Waals surface area contributed by atoms with Gasteiger partial charge in [0.25, 0.3) is 0 Å². The fraction of sp³-hybridized carbons (Fsp3) is 0.333. The maximum Gasteiger partial charge on any atom is 0.224 e. The average molecular weight is 330 g/mol. The Balaban J connectivity index is 2.14. The molecular formula is C18H22N2O4. The van der Waals surface area contributed by atoms with Gasteiger partial charge in [0.1, 0.15) is 0 Å². The van der Waals surface area contributed by atoms with Gasteiger partial charge in [-0.3, -0.25) is 9.78 Å². The van der Waals surface area contributed by atoms with Crippen LogP contribution < -0.4 is 19.5 Å². The number of amides is 1. The molecule has 2 rings (SSSR count). The smallest absolute Gasteiger partial charge is 0.224 e. The summed E-state index contributed by atoms with van der Waals surface area (Å²) >= 11 is 0. The molecular weight excluding hydrogens is 308 g/mol. The first-order valence-electron chi connectivity index (χ1n) is 7.57. The number of aromatic nitrogens is 1. The first-order valence-corrected chi connectivity index (χ1v) is 7.57. The van der Waals surface area contributed by atoms with Crippen molar-refractivity contribution in [2.75, 3.05) is 21.3 Å². The Morgan fingerprint density at radius 1 is 1.08 bits per heavy atom. The van der Waals surface area contributed by atoms with Crippen molar-refractivity contribution >= 4 is 5.91 Å². The van der Waals surface area contributed by atoms with E-state index in [0.29, 0.717) is 23.7 Å². The third-order valence-corrected chi connectivity index (χ3v) is 3.68. The number of carbonyl (C=O) groups is 1. The molecule has 0 aliphatic carbocycles. The minimum Gasteiger partial charge on any atom is -0.493 e. The summed E-state index contributed by atoms with van der Waals surface area (Å²) in [4.78, 5) is 16.2. The molecule has 0 aliphatic heterocycles. The van der Waals surface area contributed by atoms with Gasteiger partial charge in [0.2, 0.25) is 11.7 Å². The van der Waals surface area contributed by atoms with Crippen molar-refractivity contribution in [2.45, 2.75) is 19.4 Å². The molecule has 0 saturated heterocycles. The SMILES string of the molecule is COc1cc([C@H](C)NC(=O)Cc2ccncc2)cc(OC)c1OC. The van der Waals surface area contributed by atoms with E-state index in [1.165, 1.54) is 0 Å². The number of pyridine rings is 1. The molecule has 0 unspecified atom stereocenters. The van der Waals surface area contributed by atoms with Crippen LogP contribution >= 0.6 is 0 Å². The van der Waals surface area contributed by atoms with E-state index in [9.17, 15) is 4.79 Å². The summed E-state index contributed by atoms with van der Waals surface area (Å²) in [6.45, 7) is 1.91. The summed E-state index contributed by atoms with van der Waals surface area (Å²) in [5.74, 6) is 1.57. The molecule has 0 bridgehead atoms. The zero-order valence-corrected chi connectivity index (χ0v) is 14.3. The minimum atomic E-state index is -0.201. The monoisotopic (exact) mass is 330 g/mol. The molecule has 24 heavy (non-hydrogen) atoms. The highest BCUT2D eigenvalue weighted by Gasteiger charge is 2.17.